The summed E-state index contributed by atoms with van der Waals surface area (Å²) in [6, 6.07) is 2.36. The molecule has 0 fully saturated rings. The van der Waals surface area contributed by atoms with Crippen LogP contribution in [0.1, 0.15) is 38.3 Å². The van der Waals surface area contributed by atoms with E-state index in [4.69, 9.17) is 10.8 Å². The van der Waals surface area contributed by atoms with Crippen molar-refractivity contribution in [1.29, 1.82) is 0 Å². The third-order valence-corrected chi connectivity index (χ3v) is 2.27. The van der Waals surface area contributed by atoms with E-state index in [0.29, 0.717) is 0 Å². The van der Waals surface area contributed by atoms with Gasteiger partial charge in [-0.05, 0) is 19.4 Å². The minimum atomic E-state index is 0.157. The van der Waals surface area contributed by atoms with Crippen molar-refractivity contribution < 1.29 is 4.42 Å². The van der Waals surface area contributed by atoms with E-state index in [1.54, 1.807) is 12.5 Å². The fraction of sp³-hybridized carbons (Fsp3) is 0.500. The first kappa shape index (κ1) is 10.9. The van der Waals surface area contributed by atoms with Gasteiger partial charge in [-0.2, -0.15) is 0 Å². The number of rotatable bonds is 5. The van der Waals surface area contributed by atoms with Gasteiger partial charge >= 0.3 is 0 Å². The molecular formula is C12H17NO. The van der Waals surface area contributed by atoms with Gasteiger partial charge in [0.05, 0.1) is 18.6 Å². The highest BCUT2D eigenvalue weighted by Crippen LogP contribution is 2.13. The molecule has 0 saturated carbocycles. The van der Waals surface area contributed by atoms with Crippen molar-refractivity contribution in [3.63, 3.8) is 0 Å². The van der Waals surface area contributed by atoms with Crippen molar-refractivity contribution in [3.05, 3.63) is 24.2 Å². The Balaban J connectivity index is 2.47. The lowest BCUT2D eigenvalue weighted by Gasteiger charge is -2.17. The van der Waals surface area contributed by atoms with Gasteiger partial charge in [-0.25, -0.2) is 0 Å². The van der Waals surface area contributed by atoms with Crippen molar-refractivity contribution >= 4 is 0 Å². The molecule has 2 unspecified atom stereocenters. The SMILES string of the molecule is C#CC(CCC)NC(C)c1ccoc1. The highest BCUT2D eigenvalue weighted by atomic mass is 16.3. The van der Waals surface area contributed by atoms with Gasteiger partial charge in [0.1, 0.15) is 0 Å². The van der Waals surface area contributed by atoms with Crippen LogP contribution in [-0.2, 0) is 0 Å². The van der Waals surface area contributed by atoms with E-state index in [0.717, 1.165) is 18.4 Å². The maximum Gasteiger partial charge on any atom is 0.0950 e. The van der Waals surface area contributed by atoms with Crippen molar-refractivity contribution in [2.24, 2.45) is 0 Å². The molecule has 2 heteroatoms. The summed E-state index contributed by atoms with van der Waals surface area (Å²) in [5.41, 5.74) is 1.14. The average molecular weight is 191 g/mol. The van der Waals surface area contributed by atoms with Crippen molar-refractivity contribution in [2.45, 2.75) is 38.8 Å². The Morgan fingerprint density at radius 1 is 1.64 bits per heavy atom. The van der Waals surface area contributed by atoms with E-state index in [-0.39, 0.29) is 12.1 Å². The summed E-state index contributed by atoms with van der Waals surface area (Å²) >= 11 is 0. The van der Waals surface area contributed by atoms with Gasteiger partial charge in [0.15, 0.2) is 0 Å². The van der Waals surface area contributed by atoms with Gasteiger partial charge in [0.25, 0.3) is 0 Å². The van der Waals surface area contributed by atoms with Gasteiger partial charge in [0, 0.05) is 11.6 Å². The van der Waals surface area contributed by atoms with Crippen LogP contribution in [0.25, 0.3) is 0 Å². The molecule has 0 spiro atoms. The van der Waals surface area contributed by atoms with Gasteiger partial charge < -0.3 is 4.42 Å². The van der Waals surface area contributed by atoms with Gasteiger partial charge in [-0.1, -0.05) is 19.3 Å². The van der Waals surface area contributed by atoms with Crippen molar-refractivity contribution in [1.82, 2.24) is 5.32 Å². The minimum absolute atomic E-state index is 0.157. The molecule has 1 aromatic heterocycles. The van der Waals surface area contributed by atoms with Crippen molar-refractivity contribution in [3.8, 4) is 12.3 Å². The van der Waals surface area contributed by atoms with E-state index in [1.165, 1.54) is 0 Å². The smallest absolute Gasteiger partial charge is 0.0950 e. The van der Waals surface area contributed by atoms with E-state index >= 15 is 0 Å². The van der Waals surface area contributed by atoms with Crippen LogP contribution < -0.4 is 5.32 Å². The zero-order chi connectivity index (χ0) is 10.4. The Kier molecular flexibility index (Phi) is 4.28. The van der Waals surface area contributed by atoms with E-state index in [2.05, 4.69) is 25.1 Å². The predicted octanol–water partition coefficient (Wildman–Crippen LogP) is 2.73. The van der Waals surface area contributed by atoms with Crippen LogP contribution in [0.2, 0.25) is 0 Å². The van der Waals surface area contributed by atoms with Crippen LogP contribution in [0.3, 0.4) is 0 Å². The van der Waals surface area contributed by atoms with Gasteiger partial charge in [-0.15, -0.1) is 6.42 Å². The second-order valence-corrected chi connectivity index (χ2v) is 3.45. The summed E-state index contributed by atoms with van der Waals surface area (Å²) in [5, 5.41) is 3.37. The first-order valence-corrected chi connectivity index (χ1v) is 5.02. The summed E-state index contributed by atoms with van der Waals surface area (Å²) in [5.74, 6) is 2.75. The Morgan fingerprint density at radius 2 is 2.43 bits per heavy atom. The van der Waals surface area contributed by atoms with Crippen LogP contribution >= 0.6 is 0 Å². The molecule has 14 heavy (non-hydrogen) atoms. The second-order valence-electron chi connectivity index (χ2n) is 3.45. The zero-order valence-corrected chi connectivity index (χ0v) is 8.79. The lowest BCUT2D eigenvalue weighted by Crippen LogP contribution is -2.29. The minimum Gasteiger partial charge on any atom is -0.472 e. The molecule has 0 aliphatic heterocycles. The Labute approximate surface area is 85.7 Å². The number of nitrogens with one attached hydrogen (secondary N) is 1. The normalized spacial score (nSPS) is 14.6. The lowest BCUT2D eigenvalue weighted by atomic mass is 10.1. The molecule has 76 valence electrons. The number of terminal acetylenes is 1. The monoisotopic (exact) mass is 191 g/mol. The molecule has 0 bridgehead atoms. The summed E-state index contributed by atoms with van der Waals surface area (Å²) in [4.78, 5) is 0. The van der Waals surface area contributed by atoms with Crippen LogP contribution in [0.15, 0.2) is 23.0 Å². The van der Waals surface area contributed by atoms with Crippen LogP contribution in [0.5, 0.6) is 0 Å². The van der Waals surface area contributed by atoms with E-state index in [9.17, 15) is 0 Å². The maximum absolute atomic E-state index is 5.42. The molecule has 1 aromatic rings. The standard InChI is InChI=1S/C12H17NO/c1-4-6-12(5-2)13-10(3)11-7-8-14-9-11/h2,7-10,12-13H,4,6H2,1,3H3. The van der Waals surface area contributed by atoms with Crippen molar-refractivity contribution in [2.75, 3.05) is 0 Å². The second kappa shape index (κ2) is 5.51. The van der Waals surface area contributed by atoms with Crippen LogP contribution in [0, 0.1) is 12.3 Å². The summed E-state index contributed by atoms with van der Waals surface area (Å²) < 4.78 is 5.02. The highest BCUT2D eigenvalue weighted by molar-refractivity contribution is 5.12. The molecule has 0 aliphatic rings. The van der Waals surface area contributed by atoms with E-state index in [1.807, 2.05) is 6.07 Å². The Hall–Kier alpha value is -1.20. The van der Waals surface area contributed by atoms with E-state index < -0.39 is 0 Å². The molecule has 2 atom stereocenters. The molecular weight excluding hydrogens is 174 g/mol. The number of hydrogen-bond donors (Lipinski definition) is 1. The maximum atomic E-state index is 5.42. The quantitative estimate of drug-likeness (QED) is 0.724. The molecule has 0 aromatic carbocycles. The predicted molar refractivity (Wildman–Crippen MR) is 57.8 cm³/mol. The fourth-order valence-corrected chi connectivity index (χ4v) is 1.42. The Morgan fingerprint density at radius 3 is 2.93 bits per heavy atom. The third-order valence-electron chi connectivity index (χ3n) is 2.27. The van der Waals surface area contributed by atoms with Crippen LogP contribution in [-0.4, -0.2) is 6.04 Å². The first-order chi connectivity index (χ1) is 6.77. The molecule has 1 rings (SSSR count). The zero-order valence-electron chi connectivity index (χ0n) is 8.79. The van der Waals surface area contributed by atoms with Gasteiger partial charge in [-0.3, -0.25) is 5.32 Å². The summed E-state index contributed by atoms with van der Waals surface area (Å²) in [6.07, 6.45) is 11.0. The molecule has 0 amide bonds. The third kappa shape index (κ3) is 2.93. The highest BCUT2D eigenvalue weighted by Gasteiger charge is 2.10. The number of hydrogen-bond acceptors (Lipinski definition) is 2. The lowest BCUT2D eigenvalue weighted by molar-refractivity contribution is 0.487. The summed E-state index contributed by atoms with van der Waals surface area (Å²) in [6.45, 7) is 4.22. The molecule has 0 radical (unpaired) electrons. The number of furan rings is 1. The summed E-state index contributed by atoms with van der Waals surface area (Å²) in [7, 11) is 0. The largest absolute Gasteiger partial charge is 0.472 e. The molecule has 0 saturated heterocycles. The molecule has 1 heterocycles. The van der Waals surface area contributed by atoms with Gasteiger partial charge in [0.2, 0.25) is 0 Å². The average Bonchev–Trinajstić information content (AvgIpc) is 2.69. The Bertz CT molecular complexity index is 284. The van der Waals surface area contributed by atoms with Crippen LogP contribution in [0.4, 0.5) is 0 Å². The molecule has 2 nitrogen and oxygen atoms in total. The fourth-order valence-electron chi connectivity index (χ4n) is 1.42. The first-order valence-electron chi connectivity index (χ1n) is 5.02. The topological polar surface area (TPSA) is 25.2 Å². The molecule has 1 N–H and O–H groups in total. The molecule has 0 aliphatic carbocycles.